The summed E-state index contributed by atoms with van der Waals surface area (Å²) in [6, 6.07) is 4.96. The van der Waals surface area contributed by atoms with Crippen LogP contribution in [0.25, 0.3) is 0 Å². The van der Waals surface area contributed by atoms with Crippen LogP contribution in [0.5, 0.6) is 11.5 Å². The van der Waals surface area contributed by atoms with Crippen LogP contribution in [0.3, 0.4) is 0 Å². The molecule has 1 aliphatic rings. The number of nitrogens with zero attached hydrogens (tertiary/aromatic N) is 1. The van der Waals surface area contributed by atoms with Gasteiger partial charge in [-0.05, 0) is 31.5 Å². The highest BCUT2D eigenvalue weighted by molar-refractivity contribution is 5.95. The van der Waals surface area contributed by atoms with Crippen molar-refractivity contribution >= 4 is 11.9 Å². The number of phenols is 1. The molecule has 0 amide bonds. The van der Waals surface area contributed by atoms with Crippen molar-refractivity contribution in [3.8, 4) is 11.5 Å². The molecule has 7 nitrogen and oxygen atoms in total. The number of ether oxygens (including phenoxy) is 3. The van der Waals surface area contributed by atoms with Crippen molar-refractivity contribution in [2.24, 2.45) is 0 Å². The minimum absolute atomic E-state index is 0.0420. The summed E-state index contributed by atoms with van der Waals surface area (Å²) >= 11 is 0. The summed E-state index contributed by atoms with van der Waals surface area (Å²) in [6.07, 6.45) is 3.47. The van der Waals surface area contributed by atoms with Gasteiger partial charge in [-0.3, -0.25) is 0 Å². The van der Waals surface area contributed by atoms with E-state index >= 15 is 0 Å². The average Bonchev–Trinajstić information content (AvgIpc) is 2.63. The average molecular weight is 361 g/mol. The van der Waals surface area contributed by atoms with Crippen molar-refractivity contribution in [1.82, 2.24) is 4.90 Å². The van der Waals surface area contributed by atoms with E-state index < -0.39 is 11.9 Å². The van der Waals surface area contributed by atoms with E-state index in [0.717, 1.165) is 5.56 Å². The molecule has 0 aromatic heterocycles. The Morgan fingerprint density at radius 1 is 1.08 bits per heavy atom. The second kappa shape index (κ2) is 8.94. The fourth-order valence-corrected chi connectivity index (χ4v) is 2.55. The summed E-state index contributed by atoms with van der Waals surface area (Å²) in [4.78, 5) is 26.0. The largest absolute Gasteiger partial charge is 0.504 e. The maximum absolute atomic E-state index is 12.1. The maximum Gasteiger partial charge on any atom is 0.335 e. The Kier molecular flexibility index (Phi) is 6.66. The van der Waals surface area contributed by atoms with Crippen molar-refractivity contribution in [2.75, 3.05) is 20.3 Å². The smallest absolute Gasteiger partial charge is 0.335 e. The Hall–Kier alpha value is -2.96. The van der Waals surface area contributed by atoms with E-state index in [1.165, 1.54) is 13.2 Å². The van der Waals surface area contributed by atoms with Crippen LogP contribution in [0.4, 0.5) is 0 Å². The van der Waals surface area contributed by atoms with Crippen molar-refractivity contribution < 1.29 is 28.9 Å². The summed E-state index contributed by atoms with van der Waals surface area (Å²) in [5.74, 6) is -0.532. The quantitative estimate of drug-likeness (QED) is 0.747. The highest BCUT2D eigenvalue weighted by atomic mass is 16.5. The zero-order valence-electron chi connectivity index (χ0n) is 15.2. The normalized spacial score (nSPS) is 13.6. The number of carbonyl (C=O) groups is 2. The molecule has 0 unspecified atom stereocenters. The number of rotatable bonds is 7. The first-order valence-corrected chi connectivity index (χ1v) is 8.35. The molecule has 0 saturated carbocycles. The molecule has 0 radical (unpaired) electrons. The van der Waals surface area contributed by atoms with E-state index in [9.17, 15) is 14.7 Å². The van der Waals surface area contributed by atoms with Crippen LogP contribution in [0.1, 0.15) is 25.8 Å². The lowest BCUT2D eigenvalue weighted by atomic mass is 10.0. The zero-order valence-corrected chi connectivity index (χ0v) is 15.2. The van der Waals surface area contributed by atoms with Gasteiger partial charge in [0.15, 0.2) is 11.5 Å². The number of benzene rings is 1. The topological polar surface area (TPSA) is 85.3 Å². The van der Waals surface area contributed by atoms with E-state index in [-0.39, 0.29) is 25.4 Å². The fourth-order valence-electron chi connectivity index (χ4n) is 2.55. The summed E-state index contributed by atoms with van der Waals surface area (Å²) in [5, 5.41) is 9.70. The second-order valence-corrected chi connectivity index (χ2v) is 5.60. The van der Waals surface area contributed by atoms with E-state index in [2.05, 4.69) is 0 Å². The molecule has 7 heteroatoms. The zero-order chi connectivity index (χ0) is 19.1. The van der Waals surface area contributed by atoms with Crippen molar-refractivity contribution in [3.63, 3.8) is 0 Å². The molecule has 0 spiro atoms. The van der Waals surface area contributed by atoms with Gasteiger partial charge in [0.05, 0.1) is 31.5 Å². The molecule has 0 fully saturated rings. The molecule has 0 bridgehead atoms. The Morgan fingerprint density at radius 2 is 1.65 bits per heavy atom. The predicted octanol–water partition coefficient (Wildman–Crippen LogP) is 2.50. The number of methoxy groups -OCH3 is 1. The highest BCUT2D eigenvalue weighted by Crippen LogP contribution is 2.28. The van der Waals surface area contributed by atoms with Gasteiger partial charge < -0.3 is 24.2 Å². The van der Waals surface area contributed by atoms with Gasteiger partial charge in [0.1, 0.15) is 0 Å². The SMILES string of the molecule is CCOC(=O)C1=CN(Cc2ccc(O)c(OC)c2)C=C(C(=O)OCC)C1. The Bertz CT molecular complexity index is 704. The van der Waals surface area contributed by atoms with Crippen LogP contribution in [0, 0.1) is 0 Å². The highest BCUT2D eigenvalue weighted by Gasteiger charge is 2.24. The van der Waals surface area contributed by atoms with Crippen LogP contribution >= 0.6 is 0 Å². The molecule has 0 saturated heterocycles. The monoisotopic (exact) mass is 361 g/mol. The Labute approximate surface area is 152 Å². The second-order valence-electron chi connectivity index (χ2n) is 5.60. The fraction of sp³-hybridized carbons (Fsp3) is 0.368. The third-order valence-corrected chi connectivity index (χ3v) is 3.71. The van der Waals surface area contributed by atoms with Crippen LogP contribution < -0.4 is 4.74 Å². The summed E-state index contributed by atoms with van der Waals surface area (Å²) in [5.41, 5.74) is 1.59. The maximum atomic E-state index is 12.1. The molecular formula is C19H23NO6. The van der Waals surface area contributed by atoms with Crippen LogP contribution in [0.2, 0.25) is 0 Å². The molecule has 0 aliphatic carbocycles. The van der Waals surface area contributed by atoms with Gasteiger partial charge in [-0.2, -0.15) is 0 Å². The van der Waals surface area contributed by atoms with Crippen molar-refractivity contribution in [2.45, 2.75) is 26.8 Å². The first-order chi connectivity index (χ1) is 12.5. The van der Waals surface area contributed by atoms with Crippen LogP contribution in [-0.4, -0.2) is 42.3 Å². The lowest BCUT2D eigenvalue weighted by Gasteiger charge is -2.24. The number of phenolic OH excluding ortho intramolecular Hbond substituents is 1. The summed E-state index contributed by atoms with van der Waals surface area (Å²) in [6.45, 7) is 4.34. The first-order valence-electron chi connectivity index (χ1n) is 8.35. The summed E-state index contributed by atoms with van der Waals surface area (Å²) in [7, 11) is 1.47. The molecule has 1 heterocycles. The van der Waals surface area contributed by atoms with E-state index in [1.54, 1.807) is 43.3 Å². The van der Waals surface area contributed by atoms with Crippen molar-refractivity contribution in [3.05, 3.63) is 47.3 Å². The van der Waals surface area contributed by atoms with Crippen molar-refractivity contribution in [1.29, 1.82) is 0 Å². The van der Waals surface area contributed by atoms with Gasteiger partial charge >= 0.3 is 11.9 Å². The Balaban J connectivity index is 2.27. The minimum Gasteiger partial charge on any atom is -0.504 e. The van der Waals surface area contributed by atoms with Gasteiger partial charge in [-0.25, -0.2) is 9.59 Å². The number of carbonyl (C=O) groups excluding carboxylic acids is 2. The van der Waals surface area contributed by atoms with Crippen LogP contribution in [-0.2, 0) is 25.6 Å². The van der Waals surface area contributed by atoms with Crippen LogP contribution in [0.15, 0.2) is 41.7 Å². The molecule has 1 N–H and O–H groups in total. The number of hydrogen-bond acceptors (Lipinski definition) is 7. The van der Waals surface area contributed by atoms with Gasteiger partial charge in [0.2, 0.25) is 0 Å². The molecule has 2 rings (SSSR count). The number of hydrogen-bond donors (Lipinski definition) is 1. The van der Waals surface area contributed by atoms with Gasteiger partial charge in [0.25, 0.3) is 0 Å². The predicted molar refractivity (Wildman–Crippen MR) is 94.3 cm³/mol. The van der Waals surface area contributed by atoms with E-state index in [4.69, 9.17) is 14.2 Å². The van der Waals surface area contributed by atoms with Gasteiger partial charge in [-0.15, -0.1) is 0 Å². The molecule has 140 valence electrons. The lowest BCUT2D eigenvalue weighted by molar-refractivity contribution is -0.139. The van der Waals surface area contributed by atoms with Gasteiger partial charge in [0, 0.05) is 25.4 Å². The summed E-state index contributed by atoms with van der Waals surface area (Å²) < 4.78 is 15.2. The third-order valence-electron chi connectivity index (χ3n) is 3.71. The molecule has 1 aromatic carbocycles. The van der Waals surface area contributed by atoms with E-state index in [0.29, 0.717) is 23.4 Å². The third kappa shape index (κ3) is 4.78. The minimum atomic E-state index is -0.462. The number of aromatic hydroxyl groups is 1. The molecule has 26 heavy (non-hydrogen) atoms. The lowest BCUT2D eigenvalue weighted by Crippen LogP contribution is -2.23. The standard InChI is InChI=1S/C19H23NO6/c1-4-25-18(22)14-9-15(19(23)26-5-2)12-20(11-14)10-13-6-7-16(21)17(8-13)24-3/h6-8,11-12,21H,4-5,9-10H2,1-3H3. The molecular weight excluding hydrogens is 338 g/mol. The molecule has 0 atom stereocenters. The van der Waals surface area contributed by atoms with E-state index in [1.807, 2.05) is 0 Å². The first kappa shape index (κ1) is 19.4. The molecule has 1 aromatic rings. The number of esters is 2. The Morgan fingerprint density at radius 3 is 2.15 bits per heavy atom. The molecule has 1 aliphatic heterocycles. The van der Waals surface area contributed by atoms with Gasteiger partial charge in [-0.1, -0.05) is 6.07 Å².